The second-order valence-corrected chi connectivity index (χ2v) is 4.22. The first kappa shape index (κ1) is 13.4. The zero-order valence-electron chi connectivity index (χ0n) is 10.3. The number of benzene rings is 1. The third kappa shape index (κ3) is 4.39. The van der Waals surface area contributed by atoms with Crippen molar-refractivity contribution in [1.29, 1.82) is 0 Å². The van der Waals surface area contributed by atoms with Gasteiger partial charge in [0.2, 0.25) is 0 Å². The predicted octanol–water partition coefficient (Wildman–Crippen LogP) is 4.58. The molecule has 0 aliphatic rings. The van der Waals surface area contributed by atoms with Gasteiger partial charge in [0.05, 0.1) is 4.92 Å². The normalized spacial score (nSPS) is 10.2. The van der Waals surface area contributed by atoms with Crippen molar-refractivity contribution in [3.8, 4) is 0 Å². The van der Waals surface area contributed by atoms with E-state index >= 15 is 0 Å². The summed E-state index contributed by atoms with van der Waals surface area (Å²) in [6.45, 7) is 6.21. The molecule has 0 atom stereocenters. The minimum atomic E-state index is -0.381. The second-order valence-electron chi connectivity index (χ2n) is 4.22. The zero-order valence-corrected chi connectivity index (χ0v) is 10.3. The van der Waals surface area contributed by atoms with E-state index in [9.17, 15) is 10.1 Å². The van der Waals surface area contributed by atoms with Crippen molar-refractivity contribution in [1.82, 2.24) is 0 Å². The summed E-state index contributed by atoms with van der Waals surface area (Å²) in [6, 6.07) is 6.62. The maximum absolute atomic E-state index is 10.5. The zero-order chi connectivity index (χ0) is 12.7. The molecule has 0 amide bonds. The van der Waals surface area contributed by atoms with Gasteiger partial charge in [0.1, 0.15) is 0 Å². The average Bonchev–Trinajstić information content (AvgIpc) is 2.34. The first-order valence-corrected chi connectivity index (χ1v) is 6.07. The minimum absolute atomic E-state index is 0.132. The fourth-order valence-electron chi connectivity index (χ4n) is 1.73. The Hall–Kier alpha value is -1.64. The third-order valence-electron chi connectivity index (χ3n) is 2.82. The summed E-state index contributed by atoms with van der Waals surface area (Å²) in [5.74, 6) is 0. The van der Waals surface area contributed by atoms with Crippen LogP contribution in [0.25, 0.3) is 5.57 Å². The summed E-state index contributed by atoms with van der Waals surface area (Å²) < 4.78 is 0. The van der Waals surface area contributed by atoms with Gasteiger partial charge < -0.3 is 0 Å². The summed E-state index contributed by atoms with van der Waals surface area (Å²) in [5, 5.41) is 10.5. The summed E-state index contributed by atoms with van der Waals surface area (Å²) in [4.78, 5) is 10.1. The van der Waals surface area contributed by atoms with Crippen LogP contribution in [-0.2, 0) is 0 Å². The molecule has 92 valence electrons. The maximum atomic E-state index is 10.5. The Morgan fingerprint density at radius 3 is 2.41 bits per heavy atom. The minimum Gasteiger partial charge on any atom is -0.258 e. The van der Waals surface area contributed by atoms with E-state index in [4.69, 9.17) is 0 Å². The molecule has 0 N–H and O–H groups in total. The van der Waals surface area contributed by atoms with Gasteiger partial charge in [-0.25, -0.2) is 0 Å². The Balaban J connectivity index is 2.49. The highest BCUT2D eigenvalue weighted by Gasteiger charge is 2.05. The van der Waals surface area contributed by atoms with Crippen LogP contribution in [0.3, 0.4) is 0 Å². The highest BCUT2D eigenvalue weighted by molar-refractivity contribution is 5.64. The van der Waals surface area contributed by atoms with Gasteiger partial charge in [-0.1, -0.05) is 32.8 Å². The molecule has 0 fully saturated rings. The molecule has 0 unspecified atom stereocenters. The smallest absolute Gasteiger partial charge is 0.258 e. The Morgan fingerprint density at radius 2 is 1.88 bits per heavy atom. The van der Waals surface area contributed by atoms with E-state index in [1.54, 1.807) is 12.1 Å². The number of unbranched alkanes of at least 4 members (excludes halogenated alkanes) is 3. The summed E-state index contributed by atoms with van der Waals surface area (Å²) >= 11 is 0. The largest absolute Gasteiger partial charge is 0.269 e. The Labute approximate surface area is 102 Å². The van der Waals surface area contributed by atoms with Gasteiger partial charge in [-0.05, 0) is 36.1 Å². The summed E-state index contributed by atoms with van der Waals surface area (Å²) in [6.07, 6.45) is 5.82. The molecule has 1 rings (SSSR count). The van der Waals surface area contributed by atoms with E-state index in [0.29, 0.717) is 0 Å². The van der Waals surface area contributed by atoms with Crippen molar-refractivity contribution in [2.24, 2.45) is 0 Å². The Morgan fingerprint density at radius 1 is 1.24 bits per heavy atom. The number of rotatable bonds is 7. The van der Waals surface area contributed by atoms with E-state index in [-0.39, 0.29) is 10.6 Å². The van der Waals surface area contributed by atoms with Crippen molar-refractivity contribution in [2.75, 3.05) is 0 Å². The fraction of sp³-hybridized carbons (Fsp3) is 0.429. The van der Waals surface area contributed by atoms with Crippen molar-refractivity contribution < 1.29 is 4.92 Å². The van der Waals surface area contributed by atoms with Gasteiger partial charge in [-0.2, -0.15) is 0 Å². The number of allylic oxidation sites excluding steroid dienone is 1. The van der Waals surface area contributed by atoms with Crippen LogP contribution in [0, 0.1) is 10.1 Å². The number of hydrogen-bond donors (Lipinski definition) is 0. The van der Waals surface area contributed by atoms with Crippen LogP contribution in [0.1, 0.15) is 44.6 Å². The van der Waals surface area contributed by atoms with Gasteiger partial charge in [0, 0.05) is 12.1 Å². The second kappa shape index (κ2) is 6.84. The Kier molecular flexibility index (Phi) is 5.40. The van der Waals surface area contributed by atoms with E-state index in [2.05, 4.69) is 13.5 Å². The standard InChI is InChI=1S/C14H19NO2/c1-3-4-5-6-7-12(2)13-8-10-14(11-9-13)15(16)17/h8-11H,2-7H2,1H3. The van der Waals surface area contributed by atoms with Crippen molar-refractivity contribution in [3.63, 3.8) is 0 Å². The molecular weight excluding hydrogens is 214 g/mol. The molecule has 3 nitrogen and oxygen atoms in total. The van der Waals surface area contributed by atoms with Crippen LogP contribution in [0.4, 0.5) is 5.69 Å². The first-order valence-electron chi connectivity index (χ1n) is 6.07. The monoisotopic (exact) mass is 233 g/mol. The first-order chi connectivity index (χ1) is 8.15. The average molecular weight is 233 g/mol. The van der Waals surface area contributed by atoms with E-state index < -0.39 is 0 Å². The number of nitro benzene ring substituents is 1. The molecular formula is C14H19NO2. The number of non-ortho nitro benzene ring substituents is 1. The topological polar surface area (TPSA) is 43.1 Å². The predicted molar refractivity (Wildman–Crippen MR) is 70.9 cm³/mol. The van der Waals surface area contributed by atoms with Crippen molar-refractivity contribution in [2.45, 2.75) is 39.0 Å². The maximum Gasteiger partial charge on any atom is 0.269 e. The molecule has 0 heterocycles. The lowest BCUT2D eigenvalue weighted by Gasteiger charge is -2.05. The highest BCUT2D eigenvalue weighted by Crippen LogP contribution is 2.22. The van der Waals surface area contributed by atoms with Gasteiger partial charge in [0.15, 0.2) is 0 Å². The van der Waals surface area contributed by atoms with Crippen LogP contribution >= 0.6 is 0 Å². The molecule has 0 saturated heterocycles. The SMILES string of the molecule is C=C(CCCCCC)c1ccc([N+](=O)[O-])cc1. The van der Waals surface area contributed by atoms with Gasteiger partial charge in [-0.3, -0.25) is 10.1 Å². The van der Waals surface area contributed by atoms with Crippen LogP contribution in [0.15, 0.2) is 30.8 Å². The molecule has 0 bridgehead atoms. The summed E-state index contributed by atoms with van der Waals surface area (Å²) in [5.41, 5.74) is 2.20. The van der Waals surface area contributed by atoms with E-state index in [1.807, 2.05) is 0 Å². The van der Waals surface area contributed by atoms with Gasteiger partial charge in [-0.15, -0.1) is 0 Å². The fourth-order valence-corrected chi connectivity index (χ4v) is 1.73. The molecule has 0 spiro atoms. The molecule has 0 saturated carbocycles. The molecule has 3 heteroatoms. The number of nitro groups is 1. The number of hydrogen-bond acceptors (Lipinski definition) is 2. The van der Waals surface area contributed by atoms with Gasteiger partial charge >= 0.3 is 0 Å². The molecule has 0 aliphatic carbocycles. The van der Waals surface area contributed by atoms with E-state index in [1.165, 1.54) is 31.4 Å². The molecule has 1 aromatic rings. The van der Waals surface area contributed by atoms with E-state index in [0.717, 1.165) is 24.0 Å². The highest BCUT2D eigenvalue weighted by atomic mass is 16.6. The van der Waals surface area contributed by atoms with Crippen LogP contribution < -0.4 is 0 Å². The van der Waals surface area contributed by atoms with Gasteiger partial charge in [0.25, 0.3) is 5.69 Å². The lowest BCUT2D eigenvalue weighted by atomic mass is 10.0. The lowest BCUT2D eigenvalue weighted by Crippen LogP contribution is -1.89. The number of nitrogens with zero attached hydrogens (tertiary/aromatic N) is 1. The van der Waals surface area contributed by atoms with Crippen molar-refractivity contribution in [3.05, 3.63) is 46.5 Å². The molecule has 0 aliphatic heterocycles. The van der Waals surface area contributed by atoms with Crippen LogP contribution in [0.2, 0.25) is 0 Å². The molecule has 0 radical (unpaired) electrons. The lowest BCUT2D eigenvalue weighted by molar-refractivity contribution is -0.384. The molecule has 0 aromatic heterocycles. The molecule has 17 heavy (non-hydrogen) atoms. The molecule has 1 aromatic carbocycles. The van der Waals surface area contributed by atoms with Crippen LogP contribution in [-0.4, -0.2) is 4.92 Å². The third-order valence-corrected chi connectivity index (χ3v) is 2.82. The van der Waals surface area contributed by atoms with Crippen molar-refractivity contribution >= 4 is 11.3 Å². The quantitative estimate of drug-likeness (QED) is 0.393. The summed E-state index contributed by atoms with van der Waals surface area (Å²) in [7, 11) is 0. The Bertz CT molecular complexity index is 382. The van der Waals surface area contributed by atoms with Crippen LogP contribution in [0.5, 0.6) is 0 Å².